The molecule has 0 aliphatic carbocycles. The van der Waals surface area contributed by atoms with Crippen LogP contribution in [0.25, 0.3) is 11.3 Å². The van der Waals surface area contributed by atoms with Gasteiger partial charge in [-0.25, -0.2) is 4.99 Å². The topological polar surface area (TPSA) is 120 Å². The Hall–Kier alpha value is -3.32. The molecule has 3 aromatic rings. The third-order valence-electron chi connectivity index (χ3n) is 3.63. The average Bonchev–Trinajstić information content (AvgIpc) is 3.04. The van der Waals surface area contributed by atoms with E-state index in [1.165, 1.54) is 0 Å². The third-order valence-corrected chi connectivity index (χ3v) is 3.63. The smallest absolute Gasteiger partial charge is 0.277 e. The number of guanidine groups is 1. The van der Waals surface area contributed by atoms with Crippen LogP contribution in [0.2, 0.25) is 0 Å². The number of aryl methyl sites for hydroxylation is 2. The first kappa shape index (κ1) is 20.0. The van der Waals surface area contributed by atoms with E-state index in [1.54, 1.807) is 30.3 Å². The van der Waals surface area contributed by atoms with Gasteiger partial charge < -0.3 is 21.3 Å². The Balaban J connectivity index is 0.00000261. The molecule has 0 atom stereocenters. The highest BCUT2D eigenvalue weighted by Gasteiger charge is 2.14. The number of rotatable bonds is 4. The lowest BCUT2D eigenvalue weighted by Crippen LogP contribution is -2.21. The van der Waals surface area contributed by atoms with Gasteiger partial charge in [-0.05, 0) is 61.4 Å². The molecule has 5 N–H and O–H groups in total. The first-order valence-corrected chi connectivity index (χ1v) is 7.97. The Bertz CT molecular complexity index is 956. The minimum atomic E-state index is -0.331. The van der Waals surface area contributed by atoms with Crippen molar-refractivity contribution in [2.45, 2.75) is 13.8 Å². The van der Waals surface area contributed by atoms with Crippen LogP contribution in [0.15, 0.2) is 58.0 Å². The summed E-state index contributed by atoms with van der Waals surface area (Å²) < 4.78 is 5.28. The summed E-state index contributed by atoms with van der Waals surface area (Å²) in [6, 6.07) is 14.5. The minimum Gasteiger partial charge on any atom is -0.370 e. The van der Waals surface area contributed by atoms with E-state index in [1.807, 2.05) is 32.0 Å². The molecule has 0 radical (unpaired) electrons. The van der Waals surface area contributed by atoms with E-state index in [2.05, 4.69) is 15.5 Å². The summed E-state index contributed by atoms with van der Waals surface area (Å²) in [6.45, 7) is 3.95. The third kappa shape index (κ3) is 5.08. The van der Waals surface area contributed by atoms with Gasteiger partial charge in [-0.2, -0.15) is 0 Å². The van der Waals surface area contributed by atoms with Crippen LogP contribution < -0.4 is 16.8 Å². The quantitative estimate of drug-likeness (QED) is 0.468. The van der Waals surface area contributed by atoms with Gasteiger partial charge in [0.2, 0.25) is 0 Å². The SMILES string of the molecule is Cc1cc(C)cc(NC(=O)c2cc(-c3ccc(N=C(N)N)cc3)on2)c1.Cl. The zero-order chi connectivity index (χ0) is 18.7. The highest BCUT2D eigenvalue weighted by atomic mass is 35.5. The Kier molecular flexibility index (Phi) is 6.20. The van der Waals surface area contributed by atoms with E-state index < -0.39 is 0 Å². The fourth-order valence-corrected chi connectivity index (χ4v) is 2.61. The van der Waals surface area contributed by atoms with Gasteiger partial charge in [0.1, 0.15) is 0 Å². The molecule has 0 aliphatic rings. The lowest BCUT2D eigenvalue weighted by molar-refractivity contribution is 0.101. The van der Waals surface area contributed by atoms with Crippen LogP contribution in [0, 0.1) is 13.8 Å². The first-order valence-electron chi connectivity index (χ1n) is 7.97. The van der Waals surface area contributed by atoms with Crippen LogP contribution >= 0.6 is 12.4 Å². The van der Waals surface area contributed by atoms with Crippen LogP contribution in [-0.4, -0.2) is 17.0 Å². The van der Waals surface area contributed by atoms with Crippen molar-refractivity contribution in [3.63, 3.8) is 0 Å². The second-order valence-electron chi connectivity index (χ2n) is 5.99. The molecule has 0 fully saturated rings. The van der Waals surface area contributed by atoms with E-state index in [4.69, 9.17) is 16.0 Å². The summed E-state index contributed by atoms with van der Waals surface area (Å²) in [7, 11) is 0. The van der Waals surface area contributed by atoms with E-state index in [0.29, 0.717) is 11.4 Å². The Labute approximate surface area is 162 Å². The normalized spacial score (nSPS) is 10.0. The molecule has 0 bridgehead atoms. The zero-order valence-corrected chi connectivity index (χ0v) is 15.7. The van der Waals surface area contributed by atoms with Gasteiger partial charge >= 0.3 is 0 Å². The second-order valence-corrected chi connectivity index (χ2v) is 5.99. The van der Waals surface area contributed by atoms with Crippen molar-refractivity contribution in [2.24, 2.45) is 16.5 Å². The van der Waals surface area contributed by atoms with E-state index in [-0.39, 0.29) is 30.0 Å². The molecule has 0 saturated carbocycles. The minimum absolute atomic E-state index is 0. The molecule has 27 heavy (non-hydrogen) atoms. The van der Waals surface area contributed by atoms with Gasteiger partial charge in [-0.15, -0.1) is 12.4 Å². The standard InChI is InChI=1S/C19H19N5O2.ClH/c1-11-7-12(2)9-15(8-11)22-18(25)16-10-17(26-24-16)13-3-5-14(6-4-13)23-19(20)21;/h3-10H,1-2H3,(H,22,25)(H4,20,21,23);1H. The zero-order valence-electron chi connectivity index (χ0n) is 14.9. The molecule has 0 unspecified atom stereocenters. The summed E-state index contributed by atoms with van der Waals surface area (Å²) in [5.74, 6) is 0.136. The lowest BCUT2D eigenvalue weighted by Gasteiger charge is -2.05. The van der Waals surface area contributed by atoms with Gasteiger partial charge in [0.05, 0.1) is 5.69 Å². The number of hydrogen-bond donors (Lipinski definition) is 3. The summed E-state index contributed by atoms with van der Waals surface area (Å²) in [4.78, 5) is 16.3. The molecule has 3 rings (SSSR count). The van der Waals surface area contributed by atoms with Crippen LogP contribution in [-0.2, 0) is 0 Å². The summed E-state index contributed by atoms with van der Waals surface area (Å²) in [5.41, 5.74) is 15.1. The predicted molar refractivity (Wildman–Crippen MR) is 109 cm³/mol. The average molecular weight is 386 g/mol. The molecular weight excluding hydrogens is 366 g/mol. The van der Waals surface area contributed by atoms with Crippen LogP contribution in [0.3, 0.4) is 0 Å². The highest BCUT2D eigenvalue weighted by molar-refractivity contribution is 6.03. The maximum Gasteiger partial charge on any atom is 0.277 e. The molecule has 7 nitrogen and oxygen atoms in total. The predicted octanol–water partition coefficient (Wildman–Crippen LogP) is 3.54. The number of aliphatic imine (C=N–C) groups is 1. The van der Waals surface area contributed by atoms with Gasteiger partial charge in [0.15, 0.2) is 17.4 Å². The number of aromatic nitrogens is 1. The fraction of sp³-hybridized carbons (Fsp3) is 0.105. The largest absolute Gasteiger partial charge is 0.370 e. The lowest BCUT2D eigenvalue weighted by atomic mass is 10.1. The van der Waals surface area contributed by atoms with Gasteiger partial charge in [0, 0.05) is 17.3 Å². The number of carbonyl (C=O) groups is 1. The molecule has 1 amide bonds. The number of amides is 1. The van der Waals surface area contributed by atoms with Crippen LogP contribution in [0.1, 0.15) is 21.6 Å². The number of carbonyl (C=O) groups excluding carboxylic acids is 1. The first-order chi connectivity index (χ1) is 12.4. The Morgan fingerprint density at radius 3 is 2.26 bits per heavy atom. The summed E-state index contributed by atoms with van der Waals surface area (Å²) in [6.07, 6.45) is 0. The number of hydrogen-bond acceptors (Lipinski definition) is 4. The van der Waals surface area contributed by atoms with E-state index >= 15 is 0 Å². The second kappa shape index (κ2) is 8.37. The van der Waals surface area contributed by atoms with Gasteiger partial charge in [-0.3, -0.25) is 4.79 Å². The van der Waals surface area contributed by atoms with Crippen LogP contribution in [0.5, 0.6) is 0 Å². The molecule has 1 aromatic heterocycles. The molecule has 0 spiro atoms. The summed E-state index contributed by atoms with van der Waals surface area (Å²) in [5, 5.41) is 6.68. The number of anilines is 1. The van der Waals surface area contributed by atoms with Crippen molar-refractivity contribution in [2.75, 3.05) is 5.32 Å². The number of nitrogens with zero attached hydrogens (tertiary/aromatic N) is 2. The molecule has 8 heteroatoms. The highest BCUT2D eigenvalue weighted by Crippen LogP contribution is 2.24. The Morgan fingerprint density at radius 2 is 1.67 bits per heavy atom. The number of nitrogens with one attached hydrogen (secondary N) is 1. The maximum absolute atomic E-state index is 12.4. The number of nitrogens with two attached hydrogens (primary N) is 2. The number of halogens is 1. The van der Waals surface area contributed by atoms with E-state index in [9.17, 15) is 4.79 Å². The molecule has 0 aliphatic heterocycles. The van der Waals surface area contributed by atoms with Gasteiger partial charge in [-0.1, -0.05) is 11.2 Å². The monoisotopic (exact) mass is 385 g/mol. The van der Waals surface area contributed by atoms with Crippen molar-refractivity contribution in [1.29, 1.82) is 0 Å². The molecular formula is C19H20ClN5O2. The van der Waals surface area contributed by atoms with Crippen molar-refractivity contribution < 1.29 is 9.32 Å². The van der Waals surface area contributed by atoms with Crippen molar-refractivity contribution in [3.05, 3.63) is 65.4 Å². The fourth-order valence-electron chi connectivity index (χ4n) is 2.61. The Morgan fingerprint density at radius 1 is 1.04 bits per heavy atom. The summed E-state index contributed by atoms with van der Waals surface area (Å²) >= 11 is 0. The number of benzene rings is 2. The molecule has 0 saturated heterocycles. The van der Waals surface area contributed by atoms with Crippen molar-refractivity contribution in [3.8, 4) is 11.3 Å². The van der Waals surface area contributed by atoms with Crippen molar-refractivity contribution in [1.82, 2.24) is 5.16 Å². The molecule has 1 heterocycles. The van der Waals surface area contributed by atoms with Crippen molar-refractivity contribution >= 4 is 35.6 Å². The molecule has 2 aromatic carbocycles. The maximum atomic E-state index is 12.4. The van der Waals surface area contributed by atoms with Gasteiger partial charge in [0.25, 0.3) is 5.91 Å². The van der Waals surface area contributed by atoms with E-state index in [0.717, 1.165) is 22.4 Å². The molecule has 140 valence electrons. The van der Waals surface area contributed by atoms with Crippen LogP contribution in [0.4, 0.5) is 11.4 Å².